The molecule has 0 spiro atoms. The van der Waals surface area contributed by atoms with Crippen molar-refractivity contribution in [3.8, 4) is 0 Å². The second-order valence-electron chi connectivity index (χ2n) is 7.91. The molecule has 1 fully saturated rings. The van der Waals surface area contributed by atoms with Crippen molar-refractivity contribution in [2.75, 3.05) is 13.6 Å². The largest absolute Gasteiger partial charge is 0.444 e. The molecule has 1 aliphatic rings. The zero-order valence-electron chi connectivity index (χ0n) is 17.1. The van der Waals surface area contributed by atoms with Crippen LogP contribution in [0.4, 0.5) is 4.79 Å². The molecule has 1 rings (SSSR count). The predicted molar refractivity (Wildman–Crippen MR) is 102 cm³/mol. The van der Waals surface area contributed by atoms with E-state index >= 15 is 0 Å². The zero-order valence-corrected chi connectivity index (χ0v) is 17.1. The highest BCUT2D eigenvalue weighted by molar-refractivity contribution is 5.85. The molecule has 0 radical (unpaired) electrons. The van der Waals surface area contributed by atoms with Crippen LogP contribution in [-0.4, -0.2) is 54.5 Å². The minimum atomic E-state index is -0.656. The molecule has 9 nitrogen and oxygen atoms in total. The smallest absolute Gasteiger partial charge is 0.408 e. The van der Waals surface area contributed by atoms with E-state index in [1.54, 1.807) is 32.7 Å². The number of amides is 2. The third kappa shape index (κ3) is 8.97. The molecular formula is C18H33N5O4. The first-order chi connectivity index (χ1) is 12.7. The number of carbonyl (C=O) groups is 2. The molecule has 1 unspecified atom stereocenters. The second kappa shape index (κ2) is 11.0. The van der Waals surface area contributed by atoms with E-state index in [2.05, 4.69) is 22.3 Å². The van der Waals surface area contributed by atoms with E-state index in [1.165, 1.54) is 0 Å². The SMILES string of the molecule is CCCCCC(N=[N+]=[N-])O[C@@H]1CC[C@H](NC(=O)OC(C)(C)C)C(=O)N(C)C1. The summed E-state index contributed by atoms with van der Waals surface area (Å²) in [6, 6.07) is -0.656. The highest BCUT2D eigenvalue weighted by Crippen LogP contribution is 2.19. The molecule has 1 saturated heterocycles. The maximum Gasteiger partial charge on any atom is 0.408 e. The maximum absolute atomic E-state index is 12.5. The Balaban J connectivity index is 2.66. The Morgan fingerprint density at radius 2 is 2.11 bits per heavy atom. The Kier molecular flexibility index (Phi) is 9.38. The van der Waals surface area contributed by atoms with Gasteiger partial charge >= 0.3 is 6.09 Å². The number of nitrogens with zero attached hydrogens (tertiary/aromatic N) is 4. The maximum atomic E-state index is 12.5. The molecule has 1 N–H and O–H groups in total. The van der Waals surface area contributed by atoms with Crippen LogP contribution >= 0.6 is 0 Å². The van der Waals surface area contributed by atoms with E-state index in [4.69, 9.17) is 15.0 Å². The Morgan fingerprint density at radius 1 is 1.41 bits per heavy atom. The van der Waals surface area contributed by atoms with Crippen LogP contribution in [-0.2, 0) is 14.3 Å². The normalized spacial score (nSPS) is 21.8. The standard InChI is InChI=1S/C18H33N5O4/c1-6-7-8-9-15(21-22-19)26-13-10-11-14(16(24)23(5)12-13)20-17(25)27-18(2,3)4/h13-15H,6-12H2,1-5H3,(H,20,25)/t13-,14+,15?/m1/s1. The van der Waals surface area contributed by atoms with E-state index in [0.717, 1.165) is 19.3 Å². The number of rotatable bonds is 8. The van der Waals surface area contributed by atoms with Crippen LogP contribution in [0.1, 0.15) is 66.2 Å². The fraction of sp³-hybridized carbons (Fsp3) is 0.889. The van der Waals surface area contributed by atoms with Gasteiger partial charge in [0.25, 0.3) is 0 Å². The van der Waals surface area contributed by atoms with E-state index in [-0.39, 0.29) is 12.0 Å². The van der Waals surface area contributed by atoms with E-state index in [9.17, 15) is 9.59 Å². The highest BCUT2D eigenvalue weighted by atomic mass is 16.6. The second-order valence-corrected chi connectivity index (χ2v) is 7.91. The number of ether oxygens (including phenoxy) is 2. The van der Waals surface area contributed by atoms with Crippen molar-refractivity contribution in [3.63, 3.8) is 0 Å². The molecule has 0 aliphatic carbocycles. The van der Waals surface area contributed by atoms with Crippen LogP contribution in [0.25, 0.3) is 10.4 Å². The van der Waals surface area contributed by atoms with Gasteiger partial charge in [0, 0.05) is 18.5 Å². The molecule has 0 aromatic rings. The van der Waals surface area contributed by atoms with Gasteiger partial charge in [0.1, 0.15) is 17.9 Å². The summed E-state index contributed by atoms with van der Waals surface area (Å²) in [5, 5.41) is 6.38. The molecule has 2 amide bonds. The lowest BCUT2D eigenvalue weighted by atomic mass is 10.1. The summed E-state index contributed by atoms with van der Waals surface area (Å²) in [5.41, 5.74) is 8.13. The molecule has 0 bridgehead atoms. The summed E-state index contributed by atoms with van der Waals surface area (Å²) in [4.78, 5) is 28.9. The lowest BCUT2D eigenvalue weighted by molar-refractivity contribution is -0.132. The first-order valence-electron chi connectivity index (χ1n) is 9.60. The minimum Gasteiger partial charge on any atom is -0.444 e. The summed E-state index contributed by atoms with van der Waals surface area (Å²) in [7, 11) is 1.67. The number of alkyl carbamates (subject to hydrolysis) is 1. The van der Waals surface area contributed by atoms with Crippen LogP contribution in [0.2, 0.25) is 0 Å². The molecule has 1 aliphatic heterocycles. The third-order valence-electron chi connectivity index (χ3n) is 4.20. The minimum absolute atomic E-state index is 0.182. The van der Waals surface area contributed by atoms with Crippen molar-refractivity contribution in [1.29, 1.82) is 0 Å². The van der Waals surface area contributed by atoms with E-state index < -0.39 is 24.0 Å². The van der Waals surface area contributed by atoms with Gasteiger partial charge in [0.2, 0.25) is 5.91 Å². The number of unbranched alkanes of at least 4 members (excludes halogenated alkanes) is 2. The number of likely N-dealkylation sites (tertiary alicyclic amines) is 1. The first-order valence-corrected chi connectivity index (χ1v) is 9.60. The number of azide groups is 1. The molecule has 3 atom stereocenters. The van der Waals surface area contributed by atoms with E-state index in [1.807, 2.05) is 0 Å². The van der Waals surface area contributed by atoms with Gasteiger partial charge in [-0.1, -0.05) is 31.3 Å². The fourth-order valence-corrected chi connectivity index (χ4v) is 2.93. The van der Waals surface area contributed by atoms with Gasteiger partial charge in [-0.15, -0.1) is 0 Å². The van der Waals surface area contributed by atoms with Crippen LogP contribution < -0.4 is 5.32 Å². The summed E-state index contributed by atoms with van der Waals surface area (Å²) in [5.74, 6) is -0.182. The van der Waals surface area contributed by atoms with Gasteiger partial charge < -0.3 is 19.7 Å². The molecule has 9 heteroatoms. The van der Waals surface area contributed by atoms with Crippen molar-refractivity contribution in [3.05, 3.63) is 10.4 Å². The molecule has 0 aromatic heterocycles. The molecule has 27 heavy (non-hydrogen) atoms. The van der Waals surface area contributed by atoms with Crippen LogP contribution in [0, 0.1) is 0 Å². The summed E-state index contributed by atoms with van der Waals surface area (Å²) >= 11 is 0. The number of carbonyl (C=O) groups excluding carboxylic acids is 2. The van der Waals surface area contributed by atoms with Gasteiger partial charge in [0.15, 0.2) is 0 Å². The van der Waals surface area contributed by atoms with Gasteiger partial charge in [-0.05, 0) is 45.6 Å². The van der Waals surface area contributed by atoms with Crippen molar-refractivity contribution in [2.45, 2.75) is 90.2 Å². The fourth-order valence-electron chi connectivity index (χ4n) is 2.93. The Labute approximate surface area is 161 Å². The number of nitrogens with one attached hydrogen (secondary N) is 1. The summed E-state index contributed by atoms with van der Waals surface area (Å²) in [6.45, 7) is 7.80. The van der Waals surface area contributed by atoms with Crippen LogP contribution in [0.5, 0.6) is 0 Å². The molecular weight excluding hydrogens is 350 g/mol. The Morgan fingerprint density at radius 3 is 2.70 bits per heavy atom. The van der Waals surface area contributed by atoms with Gasteiger partial charge in [-0.25, -0.2) is 4.79 Å². The van der Waals surface area contributed by atoms with Crippen molar-refractivity contribution < 1.29 is 19.1 Å². The predicted octanol–water partition coefficient (Wildman–Crippen LogP) is 3.73. The van der Waals surface area contributed by atoms with Crippen molar-refractivity contribution in [1.82, 2.24) is 10.2 Å². The van der Waals surface area contributed by atoms with Crippen molar-refractivity contribution in [2.24, 2.45) is 5.11 Å². The van der Waals surface area contributed by atoms with Crippen molar-refractivity contribution >= 4 is 12.0 Å². The van der Waals surface area contributed by atoms with Gasteiger partial charge in [-0.2, -0.15) is 0 Å². The molecule has 1 heterocycles. The van der Waals surface area contributed by atoms with Gasteiger partial charge in [0.05, 0.1) is 6.10 Å². The molecule has 154 valence electrons. The third-order valence-corrected chi connectivity index (χ3v) is 4.20. The number of hydrogen-bond acceptors (Lipinski definition) is 5. The monoisotopic (exact) mass is 383 g/mol. The Hall–Kier alpha value is -1.99. The van der Waals surface area contributed by atoms with E-state index in [0.29, 0.717) is 25.8 Å². The average molecular weight is 383 g/mol. The quantitative estimate of drug-likeness (QED) is 0.297. The summed E-state index contributed by atoms with van der Waals surface area (Å²) in [6.07, 6.45) is 3.31. The number of hydrogen-bond donors (Lipinski definition) is 1. The van der Waals surface area contributed by atoms with Crippen LogP contribution in [0.3, 0.4) is 0 Å². The molecule has 0 saturated carbocycles. The first kappa shape index (κ1) is 23.0. The molecule has 0 aromatic carbocycles. The average Bonchev–Trinajstić information content (AvgIpc) is 2.67. The highest BCUT2D eigenvalue weighted by Gasteiger charge is 2.32. The zero-order chi connectivity index (χ0) is 20.4. The van der Waals surface area contributed by atoms with Gasteiger partial charge in [-0.3, -0.25) is 4.79 Å². The Bertz CT molecular complexity index is 542. The number of likely N-dealkylation sites (N-methyl/N-ethyl adjacent to an activating group) is 1. The van der Waals surface area contributed by atoms with Crippen LogP contribution in [0.15, 0.2) is 5.11 Å². The lowest BCUT2D eigenvalue weighted by Crippen LogP contribution is -2.47. The summed E-state index contributed by atoms with van der Waals surface area (Å²) < 4.78 is 11.2. The topological polar surface area (TPSA) is 117 Å². The lowest BCUT2D eigenvalue weighted by Gasteiger charge is -2.25.